The zero-order valence-electron chi connectivity index (χ0n) is 22.4. The van der Waals surface area contributed by atoms with Crippen molar-refractivity contribution >= 4 is 5.97 Å². The summed E-state index contributed by atoms with van der Waals surface area (Å²) in [5.74, 6) is 2.75. The van der Waals surface area contributed by atoms with E-state index in [1.165, 1.54) is 34.0 Å². The fourth-order valence-corrected chi connectivity index (χ4v) is 4.45. The van der Waals surface area contributed by atoms with Gasteiger partial charge < -0.3 is 19.3 Å². The van der Waals surface area contributed by atoms with Gasteiger partial charge in [-0.3, -0.25) is 4.79 Å². The van der Waals surface area contributed by atoms with Crippen LogP contribution in [-0.2, 0) is 11.2 Å². The average molecular weight is 466 g/mol. The van der Waals surface area contributed by atoms with Gasteiger partial charge in [-0.25, -0.2) is 4.98 Å². The van der Waals surface area contributed by atoms with Crippen molar-refractivity contribution in [2.75, 3.05) is 14.2 Å². The van der Waals surface area contributed by atoms with E-state index < -0.39 is 5.97 Å². The van der Waals surface area contributed by atoms with E-state index in [9.17, 15) is 9.90 Å². The molecule has 0 radical (unpaired) electrons. The Bertz CT molecular complexity index is 734. The molecule has 1 aromatic rings. The molecule has 33 heavy (non-hydrogen) atoms. The minimum Gasteiger partial charge on any atom is -0.489 e. The highest BCUT2D eigenvalue weighted by Gasteiger charge is 2.22. The Kier molecular flexibility index (Phi) is 12.8. The van der Waals surface area contributed by atoms with E-state index in [-0.39, 0.29) is 6.10 Å². The quantitative estimate of drug-likeness (QED) is 0.313. The summed E-state index contributed by atoms with van der Waals surface area (Å²) in [6, 6.07) is 0. The molecule has 0 fully saturated rings. The fourth-order valence-electron chi connectivity index (χ4n) is 4.45. The fraction of sp³-hybridized carbons (Fsp3) is 0.778. The number of esters is 1. The first-order valence-electron chi connectivity index (χ1n) is 12.5. The van der Waals surface area contributed by atoms with Gasteiger partial charge in [0.15, 0.2) is 5.75 Å². The molecule has 0 aliphatic rings. The van der Waals surface area contributed by atoms with Gasteiger partial charge in [-0.2, -0.15) is 0 Å². The van der Waals surface area contributed by atoms with E-state index in [1.807, 2.05) is 6.92 Å². The SMILES string of the molecule is COc1nc(CCC(C)CCCC(C)CC(C)C(O)CC(C)C)c(C)c(OC(C)=O)c1OC. The maximum atomic E-state index is 11.6. The summed E-state index contributed by atoms with van der Waals surface area (Å²) in [6.45, 7) is 14.4. The second kappa shape index (κ2) is 14.4. The van der Waals surface area contributed by atoms with Crippen molar-refractivity contribution in [1.29, 1.82) is 0 Å². The molecule has 0 aliphatic carbocycles. The van der Waals surface area contributed by atoms with Crippen molar-refractivity contribution in [2.45, 2.75) is 99.5 Å². The normalized spacial score (nSPS) is 15.1. The number of hydrogen-bond acceptors (Lipinski definition) is 6. The number of carbonyl (C=O) groups excluding carboxylic acids is 1. The van der Waals surface area contributed by atoms with E-state index in [1.54, 1.807) is 0 Å². The van der Waals surface area contributed by atoms with Gasteiger partial charge in [-0.05, 0) is 56.3 Å². The monoisotopic (exact) mass is 465 g/mol. The summed E-state index contributed by atoms with van der Waals surface area (Å²) in [5, 5.41) is 10.3. The van der Waals surface area contributed by atoms with Crippen LogP contribution in [0.1, 0.15) is 91.3 Å². The van der Waals surface area contributed by atoms with Gasteiger partial charge in [0.1, 0.15) is 0 Å². The first kappa shape index (κ1) is 29.2. The lowest BCUT2D eigenvalue weighted by atomic mass is 9.86. The van der Waals surface area contributed by atoms with E-state index in [2.05, 4.69) is 39.6 Å². The number of aliphatic hydroxyl groups excluding tert-OH is 1. The lowest BCUT2D eigenvalue weighted by Gasteiger charge is -2.24. The molecule has 0 saturated heterocycles. The van der Waals surface area contributed by atoms with Gasteiger partial charge in [0.05, 0.1) is 26.0 Å². The minimum atomic E-state index is -0.399. The third-order valence-corrected chi connectivity index (χ3v) is 6.47. The van der Waals surface area contributed by atoms with E-state index >= 15 is 0 Å². The van der Waals surface area contributed by atoms with Crippen molar-refractivity contribution in [1.82, 2.24) is 4.98 Å². The van der Waals surface area contributed by atoms with Crippen LogP contribution in [0.3, 0.4) is 0 Å². The van der Waals surface area contributed by atoms with Crippen LogP contribution in [0.25, 0.3) is 0 Å². The predicted molar refractivity (Wildman–Crippen MR) is 133 cm³/mol. The van der Waals surface area contributed by atoms with Crippen molar-refractivity contribution in [2.24, 2.45) is 23.7 Å². The number of aliphatic hydroxyl groups is 1. The molecule has 1 heterocycles. The standard InChI is InChI=1S/C27H47NO5/c1-17(2)15-24(30)20(5)16-19(4)12-10-11-18(3)13-14-23-21(6)25(33-22(7)29)26(31-8)27(28-23)32-9/h17-20,24,30H,10-16H2,1-9H3. The maximum Gasteiger partial charge on any atom is 0.308 e. The summed E-state index contributed by atoms with van der Waals surface area (Å²) >= 11 is 0. The third kappa shape index (κ3) is 9.91. The lowest BCUT2D eigenvalue weighted by Crippen LogP contribution is -2.21. The summed E-state index contributed by atoms with van der Waals surface area (Å²) in [5.41, 5.74) is 1.69. The number of nitrogens with zero attached hydrogens (tertiary/aromatic N) is 1. The Morgan fingerprint density at radius 1 is 0.939 bits per heavy atom. The van der Waals surface area contributed by atoms with E-state index in [4.69, 9.17) is 14.2 Å². The number of aromatic nitrogens is 1. The molecule has 0 bridgehead atoms. The Morgan fingerprint density at radius 3 is 2.12 bits per heavy atom. The van der Waals surface area contributed by atoms with E-state index in [0.717, 1.165) is 43.4 Å². The molecule has 6 nitrogen and oxygen atoms in total. The molecule has 0 aromatic carbocycles. The van der Waals surface area contributed by atoms with Gasteiger partial charge >= 0.3 is 5.97 Å². The predicted octanol–water partition coefficient (Wildman–Crippen LogP) is 6.14. The Labute approximate surface area is 201 Å². The molecule has 4 unspecified atom stereocenters. The minimum absolute atomic E-state index is 0.194. The van der Waals surface area contributed by atoms with Crippen molar-refractivity contribution in [3.8, 4) is 17.4 Å². The Hall–Kier alpha value is -1.82. The zero-order chi connectivity index (χ0) is 25.1. The highest BCUT2D eigenvalue weighted by atomic mass is 16.6. The molecule has 190 valence electrons. The summed E-state index contributed by atoms with van der Waals surface area (Å²) in [4.78, 5) is 16.2. The molecule has 4 atom stereocenters. The molecule has 0 amide bonds. The van der Waals surface area contributed by atoms with Crippen LogP contribution in [0.2, 0.25) is 0 Å². The molecule has 1 rings (SSSR count). The van der Waals surface area contributed by atoms with Gasteiger partial charge in [-0.1, -0.05) is 53.9 Å². The molecular weight excluding hydrogens is 418 g/mol. The number of hydrogen-bond donors (Lipinski definition) is 1. The molecular formula is C27H47NO5. The average Bonchev–Trinajstić information content (AvgIpc) is 2.73. The summed E-state index contributed by atoms with van der Waals surface area (Å²) < 4.78 is 16.2. The van der Waals surface area contributed by atoms with Crippen LogP contribution in [-0.4, -0.2) is 36.4 Å². The molecule has 0 aliphatic heterocycles. The second-order valence-corrected chi connectivity index (χ2v) is 10.2. The number of ether oxygens (including phenoxy) is 3. The van der Waals surface area contributed by atoms with Crippen molar-refractivity contribution in [3.05, 3.63) is 11.3 Å². The second-order valence-electron chi connectivity index (χ2n) is 10.2. The van der Waals surface area contributed by atoms with Gasteiger partial charge in [0.2, 0.25) is 5.75 Å². The zero-order valence-corrected chi connectivity index (χ0v) is 22.4. The van der Waals surface area contributed by atoms with Crippen LogP contribution < -0.4 is 14.2 Å². The maximum absolute atomic E-state index is 11.6. The Morgan fingerprint density at radius 2 is 1.58 bits per heavy atom. The smallest absolute Gasteiger partial charge is 0.308 e. The van der Waals surface area contributed by atoms with Gasteiger partial charge in [0.25, 0.3) is 5.88 Å². The number of pyridine rings is 1. The van der Waals surface area contributed by atoms with Crippen molar-refractivity contribution in [3.63, 3.8) is 0 Å². The highest BCUT2D eigenvalue weighted by Crippen LogP contribution is 2.40. The summed E-state index contributed by atoms with van der Waals surface area (Å²) in [7, 11) is 3.05. The van der Waals surface area contributed by atoms with Crippen LogP contribution in [0.15, 0.2) is 0 Å². The molecule has 0 spiro atoms. The van der Waals surface area contributed by atoms with Crippen LogP contribution in [0, 0.1) is 30.6 Å². The first-order valence-corrected chi connectivity index (χ1v) is 12.5. The molecule has 0 saturated carbocycles. The third-order valence-electron chi connectivity index (χ3n) is 6.47. The van der Waals surface area contributed by atoms with Gasteiger partial charge in [-0.15, -0.1) is 0 Å². The molecule has 1 N–H and O–H groups in total. The number of methoxy groups -OCH3 is 2. The van der Waals surface area contributed by atoms with Crippen molar-refractivity contribution < 1.29 is 24.1 Å². The Balaban J connectivity index is 2.60. The van der Waals surface area contributed by atoms with Crippen LogP contribution in [0.4, 0.5) is 0 Å². The molecule has 6 heteroatoms. The van der Waals surface area contributed by atoms with E-state index in [0.29, 0.717) is 41.1 Å². The molecule has 1 aromatic heterocycles. The first-order chi connectivity index (χ1) is 15.5. The highest BCUT2D eigenvalue weighted by molar-refractivity contribution is 5.72. The van der Waals surface area contributed by atoms with Crippen LogP contribution in [0.5, 0.6) is 17.4 Å². The van der Waals surface area contributed by atoms with Crippen LogP contribution >= 0.6 is 0 Å². The number of aryl methyl sites for hydroxylation is 1. The topological polar surface area (TPSA) is 77.9 Å². The number of carbonyl (C=O) groups is 1. The number of rotatable bonds is 15. The van der Waals surface area contributed by atoms with Gasteiger partial charge in [0, 0.05) is 12.5 Å². The summed E-state index contributed by atoms with van der Waals surface area (Å²) in [6.07, 6.45) is 7.09. The largest absolute Gasteiger partial charge is 0.489 e. The lowest BCUT2D eigenvalue weighted by molar-refractivity contribution is -0.132.